The molecule has 7 nitrogen and oxygen atoms in total. The molecule has 0 saturated carbocycles. The van der Waals surface area contributed by atoms with E-state index >= 15 is 0 Å². The van der Waals surface area contributed by atoms with Gasteiger partial charge in [0.1, 0.15) is 11.9 Å². The van der Waals surface area contributed by atoms with Crippen molar-refractivity contribution in [2.24, 2.45) is 0 Å². The molecule has 1 N–H and O–H groups in total. The zero-order chi connectivity index (χ0) is 18.3. The Labute approximate surface area is 150 Å². The van der Waals surface area contributed by atoms with E-state index in [0.717, 1.165) is 16.9 Å². The number of hydrogen-bond acceptors (Lipinski definition) is 5. The second-order valence-corrected chi connectivity index (χ2v) is 6.46. The maximum Gasteiger partial charge on any atom is 0.257 e. The molecule has 3 heterocycles. The quantitative estimate of drug-likeness (QED) is 0.765. The molecule has 134 valence electrons. The number of ether oxygens (including phenoxy) is 1. The first-order valence-corrected chi connectivity index (χ1v) is 8.55. The third-order valence-electron chi connectivity index (χ3n) is 4.76. The highest BCUT2D eigenvalue weighted by Crippen LogP contribution is 2.26. The maximum atomic E-state index is 13.2. The van der Waals surface area contributed by atoms with Crippen LogP contribution in [0.15, 0.2) is 36.5 Å². The number of aromatic hydroxyl groups is 1. The molecule has 1 aliphatic heterocycles. The lowest BCUT2D eigenvalue weighted by molar-refractivity contribution is -0.0229. The van der Waals surface area contributed by atoms with Gasteiger partial charge in [-0.15, -0.1) is 0 Å². The Kier molecular flexibility index (Phi) is 4.08. The standard InChI is InChI=1S/C19H20N4O3/c1-12-18(13(2)23-17(21-12)6-7-20-23)19(25)22-8-9-26-16(11-22)14-4-3-5-15(24)10-14/h3-7,10,16,24H,8-9,11H2,1-2H3. The predicted octanol–water partition coefficient (Wildman–Crippen LogP) is 2.27. The van der Waals surface area contributed by atoms with Gasteiger partial charge in [-0.3, -0.25) is 4.79 Å². The summed E-state index contributed by atoms with van der Waals surface area (Å²) < 4.78 is 7.50. The lowest BCUT2D eigenvalue weighted by Crippen LogP contribution is -2.43. The molecule has 1 atom stereocenters. The van der Waals surface area contributed by atoms with Crippen LogP contribution in [-0.4, -0.2) is 50.2 Å². The molecule has 0 spiro atoms. The zero-order valence-electron chi connectivity index (χ0n) is 14.7. The number of aromatic nitrogens is 3. The molecule has 4 rings (SSSR count). The van der Waals surface area contributed by atoms with Crippen molar-refractivity contribution < 1.29 is 14.6 Å². The van der Waals surface area contributed by atoms with Crippen molar-refractivity contribution in [3.63, 3.8) is 0 Å². The number of rotatable bonds is 2. The molecule has 1 aromatic carbocycles. The summed E-state index contributed by atoms with van der Waals surface area (Å²) in [6.45, 7) is 5.12. The van der Waals surface area contributed by atoms with E-state index in [9.17, 15) is 9.90 Å². The van der Waals surface area contributed by atoms with Gasteiger partial charge < -0.3 is 14.7 Å². The average molecular weight is 352 g/mol. The molecule has 7 heteroatoms. The monoisotopic (exact) mass is 352 g/mol. The highest BCUT2D eigenvalue weighted by atomic mass is 16.5. The smallest absolute Gasteiger partial charge is 0.257 e. The third-order valence-corrected chi connectivity index (χ3v) is 4.76. The van der Waals surface area contributed by atoms with Crippen molar-refractivity contribution in [2.75, 3.05) is 19.7 Å². The van der Waals surface area contributed by atoms with Gasteiger partial charge in [-0.2, -0.15) is 5.10 Å². The van der Waals surface area contributed by atoms with Crippen LogP contribution in [0.3, 0.4) is 0 Å². The van der Waals surface area contributed by atoms with Crippen molar-refractivity contribution in [1.82, 2.24) is 19.5 Å². The number of hydrogen-bond donors (Lipinski definition) is 1. The fourth-order valence-electron chi connectivity index (χ4n) is 3.46. The van der Waals surface area contributed by atoms with Crippen molar-refractivity contribution in [1.29, 1.82) is 0 Å². The second-order valence-electron chi connectivity index (χ2n) is 6.46. The van der Waals surface area contributed by atoms with Crippen molar-refractivity contribution in [2.45, 2.75) is 20.0 Å². The topological polar surface area (TPSA) is 80.0 Å². The molecule has 0 radical (unpaired) electrons. The molecule has 1 fully saturated rings. The van der Waals surface area contributed by atoms with Crippen LogP contribution in [0.1, 0.15) is 33.4 Å². The average Bonchev–Trinajstić information content (AvgIpc) is 3.10. The number of carbonyl (C=O) groups is 1. The number of nitrogens with zero attached hydrogens (tertiary/aromatic N) is 4. The summed E-state index contributed by atoms with van der Waals surface area (Å²) in [6.07, 6.45) is 1.41. The molecule has 1 saturated heterocycles. The molecule has 2 aromatic heterocycles. The van der Waals surface area contributed by atoms with Crippen LogP contribution in [0.2, 0.25) is 0 Å². The van der Waals surface area contributed by atoms with Gasteiger partial charge in [0.2, 0.25) is 0 Å². The van der Waals surface area contributed by atoms with E-state index in [1.54, 1.807) is 33.8 Å². The number of phenols is 1. The second kappa shape index (κ2) is 6.42. The van der Waals surface area contributed by atoms with Gasteiger partial charge in [0.15, 0.2) is 5.65 Å². The van der Waals surface area contributed by atoms with E-state index in [1.165, 1.54) is 0 Å². The van der Waals surface area contributed by atoms with Gasteiger partial charge in [0, 0.05) is 12.6 Å². The number of amides is 1. The van der Waals surface area contributed by atoms with Gasteiger partial charge in [0.25, 0.3) is 5.91 Å². The van der Waals surface area contributed by atoms with E-state index in [1.807, 2.05) is 26.0 Å². The molecule has 3 aromatic rings. The molecular formula is C19H20N4O3. The van der Waals surface area contributed by atoms with Crippen LogP contribution in [0, 0.1) is 13.8 Å². The molecule has 1 aliphatic rings. The first-order valence-electron chi connectivity index (χ1n) is 8.55. The van der Waals surface area contributed by atoms with Gasteiger partial charge in [-0.25, -0.2) is 9.50 Å². The highest BCUT2D eigenvalue weighted by Gasteiger charge is 2.29. The fourth-order valence-corrected chi connectivity index (χ4v) is 3.46. The molecule has 1 amide bonds. The summed E-state index contributed by atoms with van der Waals surface area (Å²) in [5.41, 5.74) is 3.65. The van der Waals surface area contributed by atoms with Crippen molar-refractivity contribution in [3.8, 4) is 5.75 Å². The first-order chi connectivity index (χ1) is 12.5. The van der Waals surface area contributed by atoms with E-state index in [-0.39, 0.29) is 17.8 Å². The van der Waals surface area contributed by atoms with Gasteiger partial charge in [-0.1, -0.05) is 12.1 Å². The minimum absolute atomic E-state index is 0.0710. The SMILES string of the molecule is Cc1nc2ccnn2c(C)c1C(=O)N1CCOC(c2cccc(O)c2)C1. The molecular weight excluding hydrogens is 332 g/mol. The van der Waals surface area contributed by atoms with Crippen LogP contribution in [0.25, 0.3) is 5.65 Å². The number of benzene rings is 1. The number of aryl methyl sites for hydroxylation is 2. The summed E-state index contributed by atoms with van der Waals surface area (Å²) in [5.74, 6) is 0.118. The highest BCUT2D eigenvalue weighted by molar-refractivity contribution is 5.96. The molecule has 0 bridgehead atoms. The van der Waals surface area contributed by atoms with E-state index in [2.05, 4.69) is 10.1 Å². The lowest BCUT2D eigenvalue weighted by atomic mass is 10.1. The summed E-state index contributed by atoms with van der Waals surface area (Å²) in [5, 5.41) is 13.9. The zero-order valence-corrected chi connectivity index (χ0v) is 14.7. The number of carbonyl (C=O) groups excluding carboxylic acids is 1. The number of phenolic OH excluding ortho intramolecular Hbond substituents is 1. The normalized spacial score (nSPS) is 17.6. The van der Waals surface area contributed by atoms with Gasteiger partial charge in [0.05, 0.1) is 36.3 Å². The summed E-state index contributed by atoms with van der Waals surface area (Å²) >= 11 is 0. The first kappa shape index (κ1) is 16.5. The van der Waals surface area contributed by atoms with Crippen LogP contribution < -0.4 is 0 Å². The number of fused-ring (bicyclic) bond motifs is 1. The third kappa shape index (κ3) is 2.80. The molecule has 1 unspecified atom stereocenters. The Morgan fingerprint density at radius 1 is 1.31 bits per heavy atom. The van der Waals surface area contributed by atoms with Crippen molar-refractivity contribution in [3.05, 3.63) is 59.0 Å². The Morgan fingerprint density at radius 2 is 2.15 bits per heavy atom. The Bertz CT molecular complexity index is 982. The van der Waals surface area contributed by atoms with Gasteiger partial charge >= 0.3 is 0 Å². The molecule has 26 heavy (non-hydrogen) atoms. The van der Waals surface area contributed by atoms with Crippen LogP contribution in [-0.2, 0) is 4.74 Å². The summed E-state index contributed by atoms with van der Waals surface area (Å²) in [7, 11) is 0. The summed E-state index contributed by atoms with van der Waals surface area (Å²) in [6, 6.07) is 8.78. The van der Waals surface area contributed by atoms with Crippen LogP contribution >= 0.6 is 0 Å². The van der Waals surface area contributed by atoms with E-state index < -0.39 is 0 Å². The largest absolute Gasteiger partial charge is 0.508 e. The Balaban J connectivity index is 1.64. The van der Waals surface area contributed by atoms with E-state index in [0.29, 0.717) is 31.0 Å². The van der Waals surface area contributed by atoms with Crippen LogP contribution in [0.4, 0.5) is 0 Å². The minimum atomic E-state index is -0.262. The Morgan fingerprint density at radius 3 is 2.96 bits per heavy atom. The van der Waals surface area contributed by atoms with Crippen molar-refractivity contribution >= 4 is 11.6 Å². The molecule has 0 aliphatic carbocycles. The fraction of sp³-hybridized carbons (Fsp3) is 0.316. The number of morpholine rings is 1. The summed E-state index contributed by atoms with van der Waals surface area (Å²) in [4.78, 5) is 19.5. The lowest BCUT2D eigenvalue weighted by Gasteiger charge is -2.33. The van der Waals surface area contributed by atoms with E-state index in [4.69, 9.17) is 4.74 Å². The Hall–Kier alpha value is -2.93. The predicted molar refractivity (Wildman–Crippen MR) is 95.2 cm³/mol. The minimum Gasteiger partial charge on any atom is -0.508 e. The van der Waals surface area contributed by atoms with Crippen LogP contribution in [0.5, 0.6) is 5.75 Å². The maximum absolute atomic E-state index is 13.2. The van der Waals surface area contributed by atoms with Gasteiger partial charge in [-0.05, 0) is 31.5 Å².